The minimum Gasteiger partial charge on any atom is -0.466 e. The molecule has 0 amide bonds. The molecule has 0 radical (unpaired) electrons. The van der Waals surface area contributed by atoms with Gasteiger partial charge in [0.05, 0.1) is 13.7 Å². The number of methoxy groups -OCH3 is 1. The van der Waals surface area contributed by atoms with Crippen molar-refractivity contribution >= 4 is 44.0 Å². The van der Waals surface area contributed by atoms with E-state index in [-0.39, 0.29) is 18.1 Å². The number of esters is 4. The van der Waals surface area contributed by atoms with Gasteiger partial charge in [0.15, 0.2) is 20.5 Å². The number of carbonyl (C=O) groups excluding carboxylic acids is 4. The van der Waals surface area contributed by atoms with E-state index in [1.807, 2.05) is 33.9 Å². The van der Waals surface area contributed by atoms with E-state index in [4.69, 9.17) is 28.1 Å². The molecule has 1 heterocycles. The second kappa shape index (κ2) is 14.1. The summed E-state index contributed by atoms with van der Waals surface area (Å²) >= 11 is 0.994. The zero-order valence-electron chi connectivity index (χ0n) is 25.1. The number of aliphatic hydroxyl groups is 1. The lowest BCUT2D eigenvalue weighted by Gasteiger charge is -2.47. The van der Waals surface area contributed by atoms with Crippen LogP contribution >= 0.6 is 11.8 Å². The molecule has 1 aliphatic heterocycles. The minimum absolute atomic E-state index is 0.182. The average molecular weight is 615 g/mol. The summed E-state index contributed by atoms with van der Waals surface area (Å²) in [7, 11) is -1.18. The Hall–Kier alpha value is -2.45. The highest BCUT2D eigenvalue weighted by molar-refractivity contribution is 8.01. The van der Waals surface area contributed by atoms with Gasteiger partial charge in [-0.1, -0.05) is 50.7 Å². The van der Waals surface area contributed by atoms with Crippen LogP contribution in [0.5, 0.6) is 0 Å². The highest BCUT2D eigenvalue weighted by Gasteiger charge is 2.59. The van der Waals surface area contributed by atoms with Crippen molar-refractivity contribution in [2.45, 2.75) is 106 Å². The van der Waals surface area contributed by atoms with E-state index >= 15 is 0 Å². The third kappa shape index (κ3) is 9.27. The summed E-state index contributed by atoms with van der Waals surface area (Å²) in [5.41, 5.74) is 0. The molecular formula is C28H42O11SSi. The van der Waals surface area contributed by atoms with E-state index in [1.165, 1.54) is 14.0 Å². The fourth-order valence-corrected chi connectivity index (χ4v) is 6.34. The van der Waals surface area contributed by atoms with Gasteiger partial charge in [-0.05, 0) is 30.3 Å². The number of hydrogen-bond donors (Lipinski definition) is 1. The Labute approximate surface area is 246 Å². The van der Waals surface area contributed by atoms with Crippen molar-refractivity contribution in [2.75, 3.05) is 13.7 Å². The molecule has 0 aliphatic carbocycles. The zero-order valence-corrected chi connectivity index (χ0v) is 26.9. The summed E-state index contributed by atoms with van der Waals surface area (Å²) in [6.07, 6.45) is -7.26. The number of rotatable bonds is 11. The molecule has 13 heteroatoms. The fourth-order valence-electron chi connectivity index (χ4n) is 4.07. The van der Waals surface area contributed by atoms with Gasteiger partial charge in [0.25, 0.3) is 0 Å². The molecule has 0 spiro atoms. The van der Waals surface area contributed by atoms with E-state index < -0.39 is 67.6 Å². The quantitative estimate of drug-likeness (QED) is 0.221. The Morgan fingerprint density at radius 1 is 1.05 bits per heavy atom. The molecule has 1 N–H and O–H groups in total. The van der Waals surface area contributed by atoms with Crippen LogP contribution in [0.1, 0.15) is 48.0 Å². The van der Waals surface area contributed by atoms with Crippen molar-refractivity contribution in [2.24, 2.45) is 0 Å². The van der Waals surface area contributed by atoms with E-state index in [9.17, 15) is 24.3 Å². The number of carbonyl (C=O) groups is 4. The largest absolute Gasteiger partial charge is 0.466 e. The molecular weight excluding hydrogens is 572 g/mol. The molecule has 1 aliphatic rings. The summed E-state index contributed by atoms with van der Waals surface area (Å²) in [6.45, 7) is 13.3. The Balaban J connectivity index is 2.65. The first kappa shape index (κ1) is 34.7. The van der Waals surface area contributed by atoms with Gasteiger partial charge in [-0.25, -0.2) is 4.79 Å². The lowest BCUT2D eigenvalue weighted by Crippen LogP contribution is -2.64. The Morgan fingerprint density at radius 3 is 2.12 bits per heavy atom. The Morgan fingerprint density at radius 2 is 1.63 bits per heavy atom. The fraction of sp³-hybridized carbons (Fsp3) is 0.643. The zero-order chi connectivity index (χ0) is 31.2. The molecule has 230 valence electrons. The average Bonchev–Trinajstić information content (AvgIpc) is 2.86. The third-order valence-electron chi connectivity index (χ3n) is 7.05. The highest BCUT2D eigenvalue weighted by atomic mass is 32.2. The van der Waals surface area contributed by atoms with Gasteiger partial charge in [-0.3, -0.25) is 14.4 Å². The maximum atomic E-state index is 13.4. The number of ether oxygens (including phenoxy) is 5. The summed E-state index contributed by atoms with van der Waals surface area (Å²) in [5, 5.41) is 11.2. The lowest BCUT2D eigenvalue weighted by molar-refractivity contribution is -0.247. The van der Waals surface area contributed by atoms with E-state index in [2.05, 4.69) is 0 Å². The van der Waals surface area contributed by atoms with Crippen LogP contribution in [0.4, 0.5) is 0 Å². The van der Waals surface area contributed by atoms with Crippen LogP contribution in [0.3, 0.4) is 0 Å². The molecule has 1 saturated heterocycles. The summed E-state index contributed by atoms with van der Waals surface area (Å²) in [5.74, 6) is -3.03. The second-order valence-corrected chi connectivity index (χ2v) is 17.5. The van der Waals surface area contributed by atoms with Crippen molar-refractivity contribution in [3.63, 3.8) is 0 Å². The van der Waals surface area contributed by atoms with Gasteiger partial charge < -0.3 is 33.2 Å². The molecule has 6 atom stereocenters. The number of aliphatic hydroxyl groups excluding tert-OH is 1. The van der Waals surface area contributed by atoms with Crippen molar-refractivity contribution in [3.05, 3.63) is 30.3 Å². The van der Waals surface area contributed by atoms with Gasteiger partial charge in [-0.2, -0.15) is 0 Å². The molecule has 2 rings (SSSR count). The maximum absolute atomic E-state index is 13.4. The van der Waals surface area contributed by atoms with Crippen LogP contribution in [0, 0.1) is 0 Å². The molecule has 0 aromatic heterocycles. The van der Waals surface area contributed by atoms with Crippen molar-refractivity contribution < 1.29 is 52.4 Å². The van der Waals surface area contributed by atoms with Crippen LogP contribution in [-0.2, 0) is 47.3 Å². The molecule has 1 aromatic rings. The van der Waals surface area contributed by atoms with Crippen LogP contribution in [0.25, 0.3) is 0 Å². The third-order valence-corrected chi connectivity index (χ3v) is 12.8. The van der Waals surface area contributed by atoms with E-state index in [0.717, 1.165) is 25.6 Å². The van der Waals surface area contributed by atoms with Crippen molar-refractivity contribution in [1.29, 1.82) is 0 Å². The summed E-state index contributed by atoms with van der Waals surface area (Å²) < 4.78 is 34.3. The van der Waals surface area contributed by atoms with Gasteiger partial charge >= 0.3 is 23.9 Å². The molecule has 0 saturated carbocycles. The molecule has 0 unspecified atom stereocenters. The van der Waals surface area contributed by atoms with Gasteiger partial charge in [0.1, 0.15) is 18.3 Å². The van der Waals surface area contributed by atoms with Gasteiger partial charge in [0.2, 0.25) is 4.93 Å². The Bertz CT molecular complexity index is 1070. The standard InChI is InChI=1S/C28H42O11SSi/c1-17(29)36-22-15-28(26(33)34-7,40-20-13-11-10-12-14-20)39-25(24(22)38-19(3)31)23(37-18(2)30)21(32)16-35-41(8,9)27(4,5)6/h10-14,21-25,32H,15-16H2,1-9H3/t21-,22+,23-,24-,25+,28-/m1/s1. The predicted octanol–water partition coefficient (Wildman–Crippen LogP) is 3.61. The molecule has 41 heavy (non-hydrogen) atoms. The summed E-state index contributed by atoms with van der Waals surface area (Å²) in [4.78, 5) is 48.8. The van der Waals surface area contributed by atoms with Crippen LogP contribution < -0.4 is 0 Å². The number of benzene rings is 1. The minimum atomic E-state index is -2.36. The topological polar surface area (TPSA) is 144 Å². The van der Waals surface area contributed by atoms with E-state index in [1.54, 1.807) is 30.3 Å². The molecule has 0 bridgehead atoms. The molecule has 1 fully saturated rings. The van der Waals surface area contributed by atoms with Gasteiger partial charge in [-0.15, -0.1) is 0 Å². The molecule has 11 nitrogen and oxygen atoms in total. The van der Waals surface area contributed by atoms with Gasteiger partial charge in [0, 0.05) is 32.1 Å². The normalized spacial score (nSPS) is 24.5. The molecule has 1 aromatic carbocycles. The number of thioether (sulfide) groups is 1. The second-order valence-electron chi connectivity index (χ2n) is 11.4. The SMILES string of the molecule is COC(=O)[C@]1(Sc2ccccc2)C[C@H](OC(C)=O)[C@@H](OC(C)=O)[C@H]([C@H](OC(C)=O)[C@H](O)CO[Si](C)(C)C(C)(C)C)O1. The Kier molecular flexibility index (Phi) is 12.0. The van der Waals surface area contributed by atoms with Crippen molar-refractivity contribution in [1.82, 2.24) is 0 Å². The first-order chi connectivity index (χ1) is 18.9. The van der Waals surface area contributed by atoms with Crippen molar-refractivity contribution in [3.8, 4) is 0 Å². The highest BCUT2D eigenvalue weighted by Crippen LogP contribution is 2.46. The summed E-state index contributed by atoms with van der Waals surface area (Å²) in [6, 6.07) is 8.83. The monoisotopic (exact) mass is 614 g/mol. The predicted molar refractivity (Wildman–Crippen MR) is 152 cm³/mol. The lowest BCUT2D eigenvalue weighted by atomic mass is 9.91. The first-order valence-corrected chi connectivity index (χ1v) is 17.0. The smallest absolute Gasteiger partial charge is 0.349 e. The maximum Gasteiger partial charge on any atom is 0.349 e. The van der Waals surface area contributed by atoms with Crippen LogP contribution in [0.2, 0.25) is 18.1 Å². The first-order valence-electron chi connectivity index (χ1n) is 13.3. The van der Waals surface area contributed by atoms with E-state index in [0.29, 0.717) is 4.90 Å². The number of hydrogen-bond acceptors (Lipinski definition) is 12. The van der Waals surface area contributed by atoms with Crippen LogP contribution in [-0.4, -0.2) is 86.5 Å². The van der Waals surface area contributed by atoms with Crippen LogP contribution in [0.15, 0.2) is 35.2 Å².